The van der Waals surface area contributed by atoms with Gasteiger partial charge in [0.1, 0.15) is 0 Å². The van der Waals surface area contributed by atoms with Crippen molar-refractivity contribution in [1.29, 1.82) is 0 Å². The first kappa shape index (κ1) is 72.7. The van der Waals surface area contributed by atoms with Crippen molar-refractivity contribution in [3.63, 3.8) is 0 Å². The van der Waals surface area contributed by atoms with Gasteiger partial charge in [-0.2, -0.15) is 41.8 Å². The molecule has 0 atom stereocenters. The van der Waals surface area contributed by atoms with E-state index in [1.165, 1.54) is 0 Å². The maximum atomic E-state index is 10.7. The minimum atomic E-state index is -4.72. The van der Waals surface area contributed by atoms with Gasteiger partial charge in [-0.25, -0.2) is 0 Å². The van der Waals surface area contributed by atoms with E-state index in [0.717, 1.165) is 0 Å². The fourth-order valence-electron chi connectivity index (χ4n) is 0. The average Bonchev–Trinajstić information content (AvgIpc) is 2.78. The fraction of sp³-hybridized carbons (Fsp3) is 0. The average molecular weight is 784 g/mol. The molecule has 0 aliphatic heterocycles. The van der Waals surface area contributed by atoms with Crippen LogP contribution in [0.25, 0.3) is 0 Å². The van der Waals surface area contributed by atoms with Crippen LogP contribution in [0.5, 0.6) is 0 Å². The molecule has 0 aliphatic rings. The van der Waals surface area contributed by atoms with Gasteiger partial charge in [0.25, 0.3) is 0 Å². The first-order valence-electron chi connectivity index (χ1n) is 9.77. The summed E-state index contributed by atoms with van der Waals surface area (Å²) in [4.78, 5) is 0. The van der Waals surface area contributed by atoms with Crippen LogP contribution in [0.1, 0.15) is 0 Å². The first-order chi connectivity index (χ1) is 17.9. The molecule has 0 radical (unpaired) electrons. The summed E-state index contributed by atoms with van der Waals surface area (Å²) in [6.45, 7) is -15.3. The normalized spacial score (nSPS) is 10.4. The van der Waals surface area contributed by atoms with Gasteiger partial charge in [0, 0.05) is 0 Å². The molecule has 0 fully saturated rings. The topological polar surface area (TPSA) is 0 Å². The Balaban J connectivity index is -0.0000000393. The summed E-state index contributed by atoms with van der Waals surface area (Å²) in [6.07, 6.45) is 0. The van der Waals surface area contributed by atoms with Gasteiger partial charge in [-0.15, -0.1) is 46.1 Å². The number of rotatable bonds is 7. The summed E-state index contributed by atoms with van der Waals surface area (Å²) in [5.41, 5.74) is 0. The van der Waals surface area contributed by atoms with Crippen LogP contribution in [0.15, 0.2) is 87.9 Å². The standard InChI is InChI=1S/7C2H3BF3.3K.3H/c7*1-2-3(4,5)6;;;;;;/h7*2H,1H2;;;;;;/q7*-1;;;;;;. The van der Waals surface area contributed by atoms with Crippen LogP contribution >= 0.6 is 0 Å². The van der Waals surface area contributed by atoms with Crippen molar-refractivity contribution in [2.75, 3.05) is 0 Å². The van der Waals surface area contributed by atoms with Gasteiger partial charge in [0.2, 0.25) is 0 Å². The van der Waals surface area contributed by atoms with Crippen molar-refractivity contribution < 1.29 is 90.6 Å². The summed E-state index contributed by atoms with van der Waals surface area (Å²) < 4.78 is 225. The molecule has 45 heavy (non-hydrogen) atoms. The van der Waals surface area contributed by atoms with Crippen LogP contribution in [0.4, 0.5) is 90.6 Å². The molecule has 0 aromatic rings. The Morgan fingerprint density at radius 1 is 0.200 bits per heavy atom. The van der Waals surface area contributed by atoms with Gasteiger partial charge in [-0.05, 0) is 0 Å². The van der Waals surface area contributed by atoms with Crippen LogP contribution in [0, 0.1) is 0 Å². The Labute approximate surface area is 375 Å². The molecular weight excluding hydrogens is 760 g/mol. The molecule has 0 aromatic heterocycles. The van der Waals surface area contributed by atoms with E-state index in [1.54, 1.807) is 0 Å². The fourth-order valence-corrected chi connectivity index (χ4v) is 0. The molecule has 0 rings (SSSR count). The summed E-state index contributed by atoms with van der Waals surface area (Å²) in [5, 5.41) is 0. The molecule has 0 amide bonds. The second-order valence-electron chi connectivity index (χ2n) is 6.03. The van der Waals surface area contributed by atoms with Crippen LogP contribution in [0.3, 0.4) is 0 Å². The van der Waals surface area contributed by atoms with E-state index in [2.05, 4.69) is 46.1 Å². The second kappa shape index (κ2) is 35.9. The van der Waals surface area contributed by atoms with Crippen LogP contribution in [-0.4, -0.2) is 203 Å². The number of hydrogen-bond acceptors (Lipinski definition) is 0. The van der Waals surface area contributed by atoms with E-state index in [0.29, 0.717) is 0 Å². The van der Waals surface area contributed by atoms with Gasteiger partial charge in [0.15, 0.2) is 0 Å². The minimum absolute atomic E-state index is 0. The van der Waals surface area contributed by atoms with Gasteiger partial charge >= 0.3 is 203 Å². The third kappa shape index (κ3) is 168. The molecule has 31 heteroatoms. The van der Waals surface area contributed by atoms with Crippen molar-refractivity contribution in [1.82, 2.24) is 0 Å². The SMILES string of the molecule is C=C[B-](F)(F)F.C=C[B-](F)(F)F.C=C[B-](F)(F)F.C=C[B-](F)(F)F.C=C[B-](F)(F)F.C=C[B-](F)(F)F.C=C[B-](F)(F)F.[KH].[KH].[KH]. The van der Waals surface area contributed by atoms with Crippen molar-refractivity contribution >= 4 is 203 Å². The summed E-state index contributed by atoms with van der Waals surface area (Å²) in [6, 6.07) is 0. The number of hydrogen-bond donors (Lipinski definition) is 0. The second-order valence-corrected chi connectivity index (χ2v) is 6.03. The molecule has 0 saturated carbocycles. The Morgan fingerprint density at radius 3 is 0.222 bits per heavy atom. The van der Waals surface area contributed by atoms with Crippen molar-refractivity contribution in [2.24, 2.45) is 0 Å². The summed E-state index contributed by atoms with van der Waals surface area (Å²) in [7, 11) is 0. The molecule has 0 aliphatic carbocycles. The van der Waals surface area contributed by atoms with Crippen LogP contribution < -0.4 is 0 Å². The molecule has 0 heterocycles. The Hall–Kier alpha value is 2.07. The maximum absolute atomic E-state index is 10.7. The Kier molecular flexibility index (Phi) is 58.0. The zero-order valence-corrected chi connectivity index (χ0v) is 21.0. The van der Waals surface area contributed by atoms with E-state index in [-0.39, 0.29) is 196 Å². The van der Waals surface area contributed by atoms with Gasteiger partial charge in [-0.1, -0.05) is 0 Å². The predicted molar refractivity (Wildman–Crippen MR) is 156 cm³/mol. The summed E-state index contributed by atoms with van der Waals surface area (Å²) in [5.74, 6) is 0. The molecule has 0 bridgehead atoms. The number of halogens is 21. The molecule has 0 saturated heterocycles. The van der Waals surface area contributed by atoms with E-state index in [4.69, 9.17) is 0 Å². The zero-order chi connectivity index (χ0) is 36.4. The predicted octanol–water partition coefficient (Wildman–Crippen LogP) is 8.97. The van der Waals surface area contributed by atoms with E-state index >= 15 is 0 Å². The molecule has 0 N–H and O–H groups in total. The third-order valence-electron chi connectivity index (χ3n) is 1.87. The molecule has 0 nitrogen and oxygen atoms in total. The van der Waals surface area contributed by atoms with E-state index in [9.17, 15) is 90.6 Å². The van der Waals surface area contributed by atoms with Crippen LogP contribution in [-0.2, 0) is 0 Å². The molecule has 0 unspecified atom stereocenters. The van der Waals surface area contributed by atoms with Crippen molar-refractivity contribution in [3.05, 3.63) is 87.9 Å². The van der Waals surface area contributed by atoms with Gasteiger partial charge in [0.05, 0.1) is 0 Å². The third-order valence-corrected chi connectivity index (χ3v) is 1.87. The van der Waals surface area contributed by atoms with Crippen molar-refractivity contribution in [3.8, 4) is 0 Å². The molecule has 0 aromatic carbocycles. The van der Waals surface area contributed by atoms with Crippen LogP contribution in [0.2, 0.25) is 0 Å². The molecular formula is C14H24B7F21K3-7. The monoisotopic (exact) mass is 785 g/mol. The Bertz CT molecular complexity index is 573. The zero-order valence-electron chi connectivity index (χ0n) is 21.0. The quantitative estimate of drug-likeness (QED) is 0.179. The summed E-state index contributed by atoms with van der Waals surface area (Å²) >= 11 is 0. The van der Waals surface area contributed by atoms with E-state index < -0.39 is 48.8 Å². The molecule has 258 valence electrons. The van der Waals surface area contributed by atoms with E-state index in [1.807, 2.05) is 0 Å². The van der Waals surface area contributed by atoms with Gasteiger partial charge < -0.3 is 90.6 Å². The first-order valence-corrected chi connectivity index (χ1v) is 9.77. The van der Waals surface area contributed by atoms with Gasteiger partial charge in [-0.3, -0.25) is 0 Å². The Morgan fingerprint density at radius 2 is 0.222 bits per heavy atom. The molecule has 0 spiro atoms. The van der Waals surface area contributed by atoms with Crippen molar-refractivity contribution in [2.45, 2.75) is 0 Å².